The molecule has 1 N–H and O–H groups in total. The molecule has 4 aromatic rings. The fourth-order valence-electron chi connectivity index (χ4n) is 5.33. The summed E-state index contributed by atoms with van der Waals surface area (Å²) in [6, 6.07) is 17.9. The molecular weight excluding hydrogens is 402 g/mol. The first kappa shape index (κ1) is 22.1. The number of fused-ring (bicyclic) bond motifs is 4. The van der Waals surface area contributed by atoms with E-state index in [1.807, 2.05) is 0 Å². The third-order valence-corrected chi connectivity index (χ3v) is 7.81. The Labute approximate surface area is 198 Å². The van der Waals surface area contributed by atoms with Gasteiger partial charge in [-0.05, 0) is 88.6 Å². The van der Waals surface area contributed by atoms with E-state index in [4.69, 9.17) is 4.42 Å². The van der Waals surface area contributed by atoms with Crippen molar-refractivity contribution < 1.29 is 4.42 Å². The van der Waals surface area contributed by atoms with E-state index in [1.54, 1.807) is 0 Å². The van der Waals surface area contributed by atoms with Crippen LogP contribution >= 0.6 is 0 Å². The van der Waals surface area contributed by atoms with Crippen molar-refractivity contribution in [2.45, 2.75) is 84.5 Å². The number of anilines is 2. The van der Waals surface area contributed by atoms with Gasteiger partial charge in [0.25, 0.3) is 0 Å². The molecule has 1 aromatic heterocycles. The van der Waals surface area contributed by atoms with E-state index >= 15 is 0 Å². The van der Waals surface area contributed by atoms with Crippen LogP contribution in [0.5, 0.6) is 0 Å². The summed E-state index contributed by atoms with van der Waals surface area (Å²) < 4.78 is 6.24. The molecule has 0 amide bonds. The molecule has 33 heavy (non-hydrogen) atoms. The topological polar surface area (TPSA) is 25.2 Å². The van der Waals surface area contributed by atoms with Crippen LogP contribution in [-0.2, 0) is 16.2 Å². The van der Waals surface area contributed by atoms with Crippen LogP contribution in [0.25, 0.3) is 21.9 Å². The van der Waals surface area contributed by atoms with Gasteiger partial charge in [-0.2, -0.15) is 0 Å². The van der Waals surface area contributed by atoms with Crippen LogP contribution in [-0.4, -0.2) is 0 Å². The van der Waals surface area contributed by atoms with Crippen molar-refractivity contribution in [3.63, 3.8) is 0 Å². The molecule has 0 bridgehead atoms. The summed E-state index contributed by atoms with van der Waals surface area (Å²) in [4.78, 5) is 0. The molecule has 0 atom stereocenters. The smallest absolute Gasteiger partial charge is 0.137 e. The average Bonchev–Trinajstić information content (AvgIpc) is 3.09. The molecular formula is C31H37NO. The van der Waals surface area contributed by atoms with Crippen LogP contribution in [0.2, 0.25) is 0 Å². The maximum Gasteiger partial charge on any atom is 0.137 e. The summed E-state index contributed by atoms with van der Waals surface area (Å²) in [7, 11) is 0. The van der Waals surface area contributed by atoms with Gasteiger partial charge >= 0.3 is 0 Å². The first-order chi connectivity index (χ1) is 15.3. The number of furan rings is 1. The maximum absolute atomic E-state index is 6.24. The second-order valence-corrected chi connectivity index (χ2v) is 12.4. The van der Waals surface area contributed by atoms with Gasteiger partial charge in [-0.3, -0.25) is 0 Å². The van der Waals surface area contributed by atoms with Crippen LogP contribution < -0.4 is 5.32 Å². The van der Waals surface area contributed by atoms with Gasteiger partial charge in [0, 0.05) is 28.2 Å². The Morgan fingerprint density at radius 2 is 1.42 bits per heavy atom. The fourth-order valence-corrected chi connectivity index (χ4v) is 5.33. The molecule has 1 aliphatic rings. The molecule has 172 valence electrons. The van der Waals surface area contributed by atoms with Crippen LogP contribution in [0.3, 0.4) is 0 Å². The van der Waals surface area contributed by atoms with Gasteiger partial charge in [-0.25, -0.2) is 0 Å². The summed E-state index contributed by atoms with van der Waals surface area (Å²) in [5.74, 6) is 0. The number of hydrogen-bond donors (Lipinski definition) is 1. The highest BCUT2D eigenvalue weighted by Gasteiger charge is 2.37. The summed E-state index contributed by atoms with van der Waals surface area (Å²) in [6.45, 7) is 18.5. The van der Waals surface area contributed by atoms with Crippen molar-refractivity contribution >= 4 is 33.3 Å². The average molecular weight is 440 g/mol. The van der Waals surface area contributed by atoms with Crippen molar-refractivity contribution in [3.8, 4) is 0 Å². The Morgan fingerprint density at radius 3 is 2.09 bits per heavy atom. The first-order valence-electron chi connectivity index (χ1n) is 12.2. The Kier molecular flexibility index (Phi) is 4.77. The second kappa shape index (κ2) is 7.13. The minimum Gasteiger partial charge on any atom is -0.456 e. The zero-order valence-electron chi connectivity index (χ0n) is 21.4. The van der Waals surface area contributed by atoms with Gasteiger partial charge in [0.1, 0.15) is 11.2 Å². The highest BCUT2D eigenvalue weighted by atomic mass is 16.3. The summed E-state index contributed by atoms with van der Waals surface area (Å²) in [5, 5.41) is 6.06. The predicted molar refractivity (Wildman–Crippen MR) is 142 cm³/mol. The highest BCUT2D eigenvalue weighted by molar-refractivity contribution is 6.06. The molecule has 2 nitrogen and oxygen atoms in total. The van der Waals surface area contributed by atoms with Crippen molar-refractivity contribution in [2.75, 3.05) is 5.32 Å². The van der Waals surface area contributed by atoms with E-state index in [2.05, 4.69) is 109 Å². The lowest BCUT2D eigenvalue weighted by Gasteiger charge is -2.42. The van der Waals surface area contributed by atoms with Gasteiger partial charge in [0.2, 0.25) is 0 Å². The molecule has 1 heterocycles. The molecule has 0 fully saturated rings. The molecule has 5 rings (SSSR count). The molecule has 3 aromatic carbocycles. The van der Waals surface area contributed by atoms with E-state index in [9.17, 15) is 0 Å². The van der Waals surface area contributed by atoms with E-state index < -0.39 is 0 Å². The van der Waals surface area contributed by atoms with E-state index in [1.165, 1.54) is 51.6 Å². The molecule has 0 radical (unpaired) electrons. The second-order valence-electron chi connectivity index (χ2n) is 12.4. The number of benzene rings is 3. The molecule has 0 aliphatic heterocycles. The molecule has 0 saturated carbocycles. The van der Waals surface area contributed by atoms with Gasteiger partial charge in [0.05, 0.1) is 0 Å². The monoisotopic (exact) mass is 439 g/mol. The molecule has 0 unspecified atom stereocenters. The van der Waals surface area contributed by atoms with Crippen LogP contribution in [0.15, 0.2) is 52.9 Å². The van der Waals surface area contributed by atoms with Crippen molar-refractivity contribution in [2.24, 2.45) is 0 Å². The standard InChI is InChI=1S/C31H37NO/c1-19-15-24-25(31(7,8)14-13-30(24,5)6)18-26(19)32-21-10-11-22-23-16-20(29(2,3)4)9-12-27(23)33-28(22)17-21/h9-12,15-18,32H,13-14H2,1-8H3. The minimum absolute atomic E-state index is 0.117. The lowest BCUT2D eigenvalue weighted by Crippen LogP contribution is -2.34. The molecule has 0 saturated heterocycles. The third kappa shape index (κ3) is 3.74. The zero-order valence-corrected chi connectivity index (χ0v) is 21.4. The van der Waals surface area contributed by atoms with Gasteiger partial charge < -0.3 is 9.73 Å². The number of nitrogens with one attached hydrogen (secondary N) is 1. The van der Waals surface area contributed by atoms with Crippen molar-refractivity contribution in [3.05, 3.63) is 70.8 Å². The predicted octanol–water partition coefficient (Wildman–Crippen LogP) is 9.28. The summed E-state index contributed by atoms with van der Waals surface area (Å²) in [5.41, 5.74) is 10.3. The number of hydrogen-bond acceptors (Lipinski definition) is 2. The Bertz CT molecular complexity index is 1380. The zero-order chi connectivity index (χ0) is 23.8. The van der Waals surface area contributed by atoms with Crippen LogP contribution in [0.1, 0.15) is 83.6 Å². The molecule has 2 heteroatoms. The number of aryl methyl sites for hydroxylation is 1. The Morgan fingerprint density at radius 1 is 0.758 bits per heavy atom. The minimum atomic E-state index is 0.117. The normalized spacial score (nSPS) is 17.3. The highest BCUT2D eigenvalue weighted by Crippen LogP contribution is 2.47. The third-order valence-electron chi connectivity index (χ3n) is 7.81. The fraction of sp³-hybridized carbons (Fsp3) is 0.419. The molecule has 1 aliphatic carbocycles. The van der Waals surface area contributed by atoms with Crippen LogP contribution in [0.4, 0.5) is 11.4 Å². The largest absolute Gasteiger partial charge is 0.456 e. The van der Waals surface area contributed by atoms with E-state index in [-0.39, 0.29) is 16.2 Å². The SMILES string of the molecule is Cc1cc2c(cc1Nc1ccc3c(c1)oc1ccc(C(C)(C)C)cc13)C(C)(C)CCC2(C)C. The first-order valence-corrected chi connectivity index (χ1v) is 12.2. The number of rotatable bonds is 2. The van der Waals surface area contributed by atoms with Gasteiger partial charge in [-0.15, -0.1) is 0 Å². The van der Waals surface area contributed by atoms with Crippen molar-refractivity contribution in [1.82, 2.24) is 0 Å². The summed E-state index contributed by atoms with van der Waals surface area (Å²) >= 11 is 0. The Balaban J connectivity index is 1.55. The maximum atomic E-state index is 6.24. The van der Waals surface area contributed by atoms with E-state index in [0.29, 0.717) is 0 Å². The lowest BCUT2D eigenvalue weighted by atomic mass is 9.63. The quantitative estimate of drug-likeness (QED) is 0.336. The van der Waals surface area contributed by atoms with Crippen molar-refractivity contribution in [1.29, 1.82) is 0 Å². The van der Waals surface area contributed by atoms with Gasteiger partial charge in [0.15, 0.2) is 0 Å². The van der Waals surface area contributed by atoms with Crippen LogP contribution in [0, 0.1) is 6.92 Å². The van der Waals surface area contributed by atoms with E-state index in [0.717, 1.165) is 16.9 Å². The summed E-state index contributed by atoms with van der Waals surface area (Å²) in [6.07, 6.45) is 2.45. The van der Waals surface area contributed by atoms with Gasteiger partial charge in [-0.1, -0.05) is 60.6 Å². The molecule has 0 spiro atoms. The Hall–Kier alpha value is -2.74. The lowest BCUT2D eigenvalue weighted by molar-refractivity contribution is 0.332.